The molecule has 6 nitrogen and oxygen atoms in total. The largest absolute Gasteiger partial charge is 0.349 e. The van der Waals surface area contributed by atoms with E-state index in [0.29, 0.717) is 16.0 Å². The minimum absolute atomic E-state index is 0.150. The Morgan fingerprint density at radius 1 is 1.22 bits per heavy atom. The number of fused-ring (bicyclic) bond motifs is 1. The van der Waals surface area contributed by atoms with E-state index in [0.717, 1.165) is 16.3 Å². The average Bonchev–Trinajstić information content (AvgIpc) is 3.14. The van der Waals surface area contributed by atoms with E-state index in [1.807, 2.05) is 6.92 Å². The Labute approximate surface area is 137 Å². The van der Waals surface area contributed by atoms with Crippen LogP contribution in [0.2, 0.25) is 0 Å². The number of amides is 3. The lowest BCUT2D eigenvalue weighted by Gasteiger charge is -2.13. The lowest BCUT2D eigenvalue weighted by atomic mass is 10.1. The molecule has 1 aromatic carbocycles. The number of aryl methyl sites for hydroxylation is 1. The molecule has 0 saturated heterocycles. The van der Waals surface area contributed by atoms with Gasteiger partial charge in [-0.15, -0.1) is 11.3 Å². The first-order valence-corrected chi connectivity index (χ1v) is 8.11. The van der Waals surface area contributed by atoms with Crippen molar-refractivity contribution < 1.29 is 14.4 Å². The van der Waals surface area contributed by atoms with Gasteiger partial charge in [-0.05, 0) is 18.6 Å². The summed E-state index contributed by atoms with van der Waals surface area (Å²) in [7, 11) is 0. The van der Waals surface area contributed by atoms with Crippen LogP contribution < -0.4 is 5.32 Å². The summed E-state index contributed by atoms with van der Waals surface area (Å²) in [6.07, 6.45) is 2.33. The van der Waals surface area contributed by atoms with Crippen LogP contribution in [0.25, 0.3) is 0 Å². The van der Waals surface area contributed by atoms with Crippen LogP contribution in [0.4, 0.5) is 0 Å². The maximum atomic E-state index is 12.2. The highest BCUT2D eigenvalue weighted by molar-refractivity contribution is 7.13. The van der Waals surface area contributed by atoms with Gasteiger partial charge >= 0.3 is 0 Å². The molecule has 3 rings (SSSR count). The number of rotatable bonds is 5. The number of hydrogen-bond donors (Lipinski definition) is 1. The fourth-order valence-corrected chi connectivity index (χ4v) is 3.16. The first-order chi connectivity index (χ1) is 11.1. The molecular formula is C16H15N3O3S. The molecule has 1 aliphatic rings. The fourth-order valence-electron chi connectivity index (χ4n) is 2.39. The molecule has 2 aromatic rings. The predicted molar refractivity (Wildman–Crippen MR) is 85.6 cm³/mol. The molecule has 0 radical (unpaired) electrons. The van der Waals surface area contributed by atoms with Gasteiger partial charge in [-0.3, -0.25) is 19.3 Å². The average molecular weight is 329 g/mol. The van der Waals surface area contributed by atoms with Crippen molar-refractivity contribution in [3.8, 4) is 0 Å². The van der Waals surface area contributed by atoms with Gasteiger partial charge in [-0.2, -0.15) is 0 Å². The highest BCUT2D eigenvalue weighted by Crippen LogP contribution is 2.21. The van der Waals surface area contributed by atoms with E-state index in [1.54, 1.807) is 30.5 Å². The molecule has 2 heterocycles. The van der Waals surface area contributed by atoms with Crippen molar-refractivity contribution in [2.24, 2.45) is 0 Å². The second-order valence-corrected chi connectivity index (χ2v) is 6.15. The Balaban J connectivity index is 1.58. The van der Waals surface area contributed by atoms with Gasteiger partial charge in [0, 0.05) is 13.1 Å². The molecular weight excluding hydrogens is 314 g/mol. The monoisotopic (exact) mass is 329 g/mol. The van der Waals surface area contributed by atoms with Gasteiger partial charge in [0.05, 0.1) is 22.3 Å². The van der Waals surface area contributed by atoms with E-state index < -0.39 is 0 Å². The highest BCUT2D eigenvalue weighted by Gasteiger charge is 2.34. The van der Waals surface area contributed by atoms with Crippen LogP contribution in [0.3, 0.4) is 0 Å². The van der Waals surface area contributed by atoms with Gasteiger partial charge in [-0.25, -0.2) is 4.98 Å². The number of aromatic nitrogens is 1. The van der Waals surface area contributed by atoms with Gasteiger partial charge in [0.15, 0.2) is 0 Å². The molecule has 0 saturated carbocycles. The van der Waals surface area contributed by atoms with Crippen molar-refractivity contribution in [1.82, 2.24) is 15.2 Å². The zero-order valence-corrected chi connectivity index (χ0v) is 13.4. The summed E-state index contributed by atoms with van der Waals surface area (Å²) in [4.78, 5) is 42.2. The van der Waals surface area contributed by atoms with Gasteiger partial charge in [0.25, 0.3) is 17.7 Å². The molecule has 1 N–H and O–H groups in total. The Hall–Kier alpha value is -2.54. The van der Waals surface area contributed by atoms with Crippen LogP contribution in [0.1, 0.15) is 42.3 Å². The molecule has 0 unspecified atom stereocenters. The van der Waals surface area contributed by atoms with Crippen molar-refractivity contribution in [2.45, 2.75) is 13.3 Å². The van der Waals surface area contributed by atoms with E-state index in [1.165, 1.54) is 11.3 Å². The predicted octanol–water partition coefficient (Wildman–Crippen LogP) is 1.73. The molecule has 0 aliphatic carbocycles. The van der Waals surface area contributed by atoms with Crippen LogP contribution in [-0.2, 0) is 6.42 Å². The minimum atomic E-state index is -0.314. The second kappa shape index (κ2) is 6.29. The molecule has 0 spiro atoms. The zero-order valence-electron chi connectivity index (χ0n) is 12.5. The summed E-state index contributed by atoms with van der Waals surface area (Å²) in [5, 5.41) is 3.62. The molecule has 23 heavy (non-hydrogen) atoms. The van der Waals surface area contributed by atoms with Crippen molar-refractivity contribution in [2.75, 3.05) is 13.1 Å². The molecule has 0 fully saturated rings. The Kier molecular flexibility index (Phi) is 4.20. The van der Waals surface area contributed by atoms with E-state index in [2.05, 4.69) is 10.3 Å². The third-order valence-electron chi connectivity index (χ3n) is 3.58. The Morgan fingerprint density at radius 3 is 2.43 bits per heavy atom. The standard InChI is InChI=1S/C16H15N3O3S/c1-2-13-18-9-12(23-13)14(20)17-7-8-19-15(21)10-5-3-4-6-11(10)16(19)22/h3-6,9H,2,7-8H2,1H3,(H,17,20). The number of nitrogens with one attached hydrogen (secondary N) is 1. The van der Waals surface area contributed by atoms with Crippen LogP contribution in [0.15, 0.2) is 30.5 Å². The maximum Gasteiger partial charge on any atom is 0.263 e. The summed E-state index contributed by atoms with van der Waals surface area (Å²) in [6, 6.07) is 6.73. The second-order valence-electron chi connectivity index (χ2n) is 5.04. The van der Waals surface area contributed by atoms with Crippen LogP contribution >= 0.6 is 11.3 Å². The third kappa shape index (κ3) is 2.87. The number of nitrogens with zero attached hydrogens (tertiary/aromatic N) is 2. The first-order valence-electron chi connectivity index (χ1n) is 7.30. The van der Waals surface area contributed by atoms with Crippen molar-refractivity contribution in [3.05, 3.63) is 51.5 Å². The van der Waals surface area contributed by atoms with Crippen molar-refractivity contribution in [1.29, 1.82) is 0 Å². The molecule has 7 heteroatoms. The molecule has 3 amide bonds. The van der Waals surface area contributed by atoms with Gasteiger partial charge in [-0.1, -0.05) is 19.1 Å². The Bertz CT molecular complexity index is 749. The lowest BCUT2D eigenvalue weighted by molar-refractivity contribution is 0.0650. The van der Waals surface area contributed by atoms with Crippen LogP contribution in [-0.4, -0.2) is 40.7 Å². The highest BCUT2D eigenvalue weighted by atomic mass is 32.1. The molecule has 0 bridgehead atoms. The van der Waals surface area contributed by atoms with Crippen LogP contribution in [0, 0.1) is 0 Å². The number of benzene rings is 1. The summed E-state index contributed by atoms with van der Waals surface area (Å²) in [5.41, 5.74) is 0.831. The summed E-state index contributed by atoms with van der Waals surface area (Å²) in [5.74, 6) is -0.865. The molecule has 0 atom stereocenters. The molecule has 1 aromatic heterocycles. The van der Waals surface area contributed by atoms with E-state index in [9.17, 15) is 14.4 Å². The Morgan fingerprint density at radius 2 is 1.87 bits per heavy atom. The number of imide groups is 1. The summed E-state index contributed by atoms with van der Waals surface area (Å²) < 4.78 is 0. The quantitative estimate of drug-likeness (QED) is 0.847. The number of hydrogen-bond acceptors (Lipinski definition) is 5. The lowest BCUT2D eigenvalue weighted by Crippen LogP contribution is -2.38. The zero-order chi connectivity index (χ0) is 16.4. The summed E-state index contributed by atoms with van der Waals surface area (Å²) >= 11 is 1.34. The normalized spacial score (nSPS) is 13.3. The number of carbonyl (C=O) groups excluding carboxylic acids is 3. The number of carbonyl (C=O) groups is 3. The number of thiazole rings is 1. The SMILES string of the molecule is CCc1ncc(C(=O)NCCN2C(=O)c3ccccc3C2=O)s1. The van der Waals surface area contributed by atoms with E-state index in [-0.39, 0.29) is 30.8 Å². The van der Waals surface area contributed by atoms with Crippen molar-refractivity contribution in [3.63, 3.8) is 0 Å². The van der Waals surface area contributed by atoms with Crippen LogP contribution in [0.5, 0.6) is 0 Å². The fraction of sp³-hybridized carbons (Fsp3) is 0.250. The smallest absolute Gasteiger partial charge is 0.263 e. The van der Waals surface area contributed by atoms with E-state index >= 15 is 0 Å². The first kappa shape index (κ1) is 15.4. The summed E-state index contributed by atoms with van der Waals surface area (Å²) in [6.45, 7) is 2.34. The van der Waals surface area contributed by atoms with Gasteiger partial charge in [0.1, 0.15) is 4.88 Å². The van der Waals surface area contributed by atoms with E-state index in [4.69, 9.17) is 0 Å². The third-order valence-corrected chi connectivity index (χ3v) is 4.72. The van der Waals surface area contributed by atoms with Crippen molar-refractivity contribution >= 4 is 29.1 Å². The van der Waals surface area contributed by atoms with Gasteiger partial charge < -0.3 is 5.32 Å². The molecule has 1 aliphatic heterocycles. The topological polar surface area (TPSA) is 79.4 Å². The minimum Gasteiger partial charge on any atom is -0.349 e. The van der Waals surface area contributed by atoms with Gasteiger partial charge in [0.2, 0.25) is 0 Å². The maximum absolute atomic E-state index is 12.2. The molecule has 118 valence electrons.